The van der Waals surface area contributed by atoms with Crippen molar-refractivity contribution in [3.63, 3.8) is 0 Å². The topological polar surface area (TPSA) is 74.3 Å². The number of piperidine rings is 1. The van der Waals surface area contributed by atoms with Crippen molar-refractivity contribution in [1.29, 1.82) is 0 Å². The third-order valence-electron chi connectivity index (χ3n) is 4.43. The molecule has 2 aromatic rings. The molecule has 3 rings (SSSR count). The Morgan fingerprint density at radius 2 is 1.77 bits per heavy atom. The molecule has 0 unspecified atom stereocenters. The maximum atomic E-state index is 12.3. The van der Waals surface area contributed by atoms with Crippen LogP contribution >= 0.6 is 11.6 Å². The van der Waals surface area contributed by atoms with E-state index < -0.39 is 0 Å². The molecule has 2 N–H and O–H groups in total. The molecule has 3 amide bonds. The number of carbonyl (C=O) groups excluding carboxylic acids is 2. The normalized spacial score (nSPS) is 14.8. The monoisotopic (exact) mass is 372 g/mol. The number of nitrogens with zero attached hydrogens (tertiary/aromatic N) is 2. The number of pyridine rings is 1. The van der Waals surface area contributed by atoms with Gasteiger partial charge in [0.05, 0.1) is 5.02 Å². The third kappa shape index (κ3) is 4.73. The van der Waals surface area contributed by atoms with Gasteiger partial charge in [-0.05, 0) is 44.0 Å². The van der Waals surface area contributed by atoms with E-state index in [1.54, 1.807) is 17.0 Å². The van der Waals surface area contributed by atoms with Crippen LogP contribution in [-0.2, 0) is 4.79 Å². The Kier molecular flexibility index (Phi) is 5.73. The molecule has 1 aliphatic rings. The summed E-state index contributed by atoms with van der Waals surface area (Å²) in [6.07, 6.45) is 2.75. The summed E-state index contributed by atoms with van der Waals surface area (Å²) in [6, 6.07) is 10.9. The largest absolute Gasteiger partial charge is 0.324 e. The minimum Gasteiger partial charge on any atom is -0.324 e. The second kappa shape index (κ2) is 8.19. The second-order valence-electron chi connectivity index (χ2n) is 6.41. The highest BCUT2D eigenvalue weighted by Gasteiger charge is 2.27. The lowest BCUT2D eigenvalue weighted by atomic mass is 9.96. The van der Waals surface area contributed by atoms with Crippen LogP contribution in [0.2, 0.25) is 5.02 Å². The molecule has 1 fully saturated rings. The molecule has 0 bridgehead atoms. The molecule has 0 saturated carbocycles. The maximum Gasteiger partial charge on any atom is 0.321 e. The Morgan fingerprint density at radius 1 is 1.08 bits per heavy atom. The number of amides is 3. The first kappa shape index (κ1) is 18.2. The van der Waals surface area contributed by atoms with Gasteiger partial charge in [0.25, 0.3) is 0 Å². The average Bonchev–Trinajstić information content (AvgIpc) is 2.65. The zero-order valence-electron chi connectivity index (χ0n) is 14.5. The SMILES string of the molecule is Cc1ccc(NC(=O)N2CCC(C(=O)Nc3ccc(Cl)cn3)CC2)cc1. The van der Waals surface area contributed by atoms with Gasteiger partial charge < -0.3 is 15.5 Å². The number of aryl methyl sites for hydroxylation is 1. The van der Waals surface area contributed by atoms with Crippen LogP contribution in [-0.4, -0.2) is 34.9 Å². The molecule has 7 heteroatoms. The Bertz CT molecular complexity index is 702. The molecule has 2 heterocycles. The van der Waals surface area contributed by atoms with Gasteiger partial charge in [0.15, 0.2) is 0 Å². The van der Waals surface area contributed by atoms with Gasteiger partial charge in [0, 0.05) is 30.9 Å². The van der Waals surface area contributed by atoms with Crippen LogP contribution < -0.4 is 10.6 Å². The molecule has 0 atom stereocenters. The molecule has 1 aliphatic heterocycles. The highest BCUT2D eigenvalue weighted by molar-refractivity contribution is 6.30. The molecular formula is C19H21ClN4O2. The van der Waals surface area contributed by atoms with Crippen molar-refractivity contribution in [2.75, 3.05) is 23.7 Å². The van der Waals surface area contributed by atoms with Gasteiger partial charge in [-0.1, -0.05) is 29.3 Å². The summed E-state index contributed by atoms with van der Waals surface area (Å²) in [5.74, 6) is 0.285. The third-order valence-corrected chi connectivity index (χ3v) is 4.66. The molecule has 0 aliphatic carbocycles. The van der Waals surface area contributed by atoms with Crippen LogP contribution in [0.3, 0.4) is 0 Å². The summed E-state index contributed by atoms with van der Waals surface area (Å²) in [5, 5.41) is 6.22. The second-order valence-corrected chi connectivity index (χ2v) is 6.84. The number of likely N-dealkylation sites (tertiary alicyclic amines) is 1. The number of aromatic nitrogens is 1. The van der Waals surface area contributed by atoms with E-state index in [2.05, 4.69) is 15.6 Å². The van der Waals surface area contributed by atoms with E-state index in [9.17, 15) is 9.59 Å². The van der Waals surface area contributed by atoms with Gasteiger partial charge in [0.2, 0.25) is 5.91 Å². The first-order chi connectivity index (χ1) is 12.5. The van der Waals surface area contributed by atoms with Gasteiger partial charge in [-0.15, -0.1) is 0 Å². The fraction of sp³-hybridized carbons (Fsp3) is 0.316. The van der Waals surface area contributed by atoms with Gasteiger partial charge >= 0.3 is 6.03 Å². The van der Waals surface area contributed by atoms with Crippen molar-refractivity contribution in [3.05, 3.63) is 53.2 Å². The number of carbonyl (C=O) groups is 2. The van der Waals surface area contributed by atoms with E-state index in [4.69, 9.17) is 11.6 Å². The van der Waals surface area contributed by atoms with Crippen LogP contribution in [0.15, 0.2) is 42.6 Å². The molecule has 136 valence electrons. The van der Waals surface area contributed by atoms with Crippen LogP contribution in [0, 0.1) is 12.8 Å². The fourth-order valence-electron chi connectivity index (χ4n) is 2.86. The van der Waals surface area contributed by atoms with Crippen LogP contribution in [0.25, 0.3) is 0 Å². The predicted octanol–water partition coefficient (Wildman–Crippen LogP) is 3.93. The van der Waals surface area contributed by atoms with E-state index in [0.29, 0.717) is 36.8 Å². The summed E-state index contributed by atoms with van der Waals surface area (Å²) < 4.78 is 0. The van der Waals surface area contributed by atoms with Crippen LogP contribution in [0.1, 0.15) is 18.4 Å². The lowest BCUT2D eigenvalue weighted by Crippen LogP contribution is -2.43. The standard InChI is InChI=1S/C19H21ClN4O2/c1-13-2-5-16(6-3-13)22-19(26)24-10-8-14(9-11-24)18(25)23-17-7-4-15(20)12-21-17/h2-7,12,14H,8-11H2,1H3,(H,22,26)(H,21,23,25). The van der Waals surface area contributed by atoms with E-state index in [0.717, 1.165) is 11.3 Å². The molecule has 1 saturated heterocycles. The first-order valence-electron chi connectivity index (χ1n) is 8.56. The minimum atomic E-state index is -0.132. The Labute approximate surface area is 157 Å². The zero-order valence-corrected chi connectivity index (χ0v) is 15.3. The van der Waals surface area contributed by atoms with Crippen molar-refractivity contribution < 1.29 is 9.59 Å². The summed E-state index contributed by atoms with van der Waals surface area (Å²) in [4.78, 5) is 30.5. The van der Waals surface area contributed by atoms with E-state index >= 15 is 0 Å². The highest BCUT2D eigenvalue weighted by atomic mass is 35.5. The highest BCUT2D eigenvalue weighted by Crippen LogP contribution is 2.20. The Balaban J connectivity index is 1.48. The fourth-order valence-corrected chi connectivity index (χ4v) is 2.97. The van der Waals surface area contributed by atoms with Gasteiger partial charge in [-0.25, -0.2) is 9.78 Å². The average molecular weight is 373 g/mol. The van der Waals surface area contributed by atoms with Crippen molar-refractivity contribution in [2.24, 2.45) is 5.92 Å². The number of hydrogen-bond donors (Lipinski definition) is 2. The number of urea groups is 1. The van der Waals surface area contributed by atoms with Gasteiger partial charge in [-0.2, -0.15) is 0 Å². The molecule has 6 nitrogen and oxygen atoms in total. The summed E-state index contributed by atoms with van der Waals surface area (Å²) in [6.45, 7) is 3.09. The van der Waals surface area contributed by atoms with E-state index in [1.807, 2.05) is 31.2 Å². The summed E-state index contributed by atoms with van der Waals surface area (Å²) in [7, 11) is 0. The first-order valence-corrected chi connectivity index (χ1v) is 8.94. The number of halogens is 1. The number of benzene rings is 1. The summed E-state index contributed by atoms with van der Waals surface area (Å²) >= 11 is 5.79. The number of nitrogens with one attached hydrogen (secondary N) is 2. The lowest BCUT2D eigenvalue weighted by Gasteiger charge is -2.31. The Hall–Kier alpha value is -2.60. The number of rotatable bonds is 3. The van der Waals surface area contributed by atoms with Crippen molar-refractivity contribution in [1.82, 2.24) is 9.88 Å². The molecule has 26 heavy (non-hydrogen) atoms. The lowest BCUT2D eigenvalue weighted by molar-refractivity contribution is -0.121. The van der Waals surface area contributed by atoms with Crippen LogP contribution in [0.4, 0.5) is 16.3 Å². The van der Waals surface area contributed by atoms with Crippen molar-refractivity contribution in [2.45, 2.75) is 19.8 Å². The van der Waals surface area contributed by atoms with Gasteiger partial charge in [-0.3, -0.25) is 4.79 Å². The quantitative estimate of drug-likeness (QED) is 0.857. The molecular weight excluding hydrogens is 352 g/mol. The predicted molar refractivity (Wildman–Crippen MR) is 102 cm³/mol. The van der Waals surface area contributed by atoms with E-state index in [1.165, 1.54) is 6.20 Å². The smallest absolute Gasteiger partial charge is 0.321 e. The van der Waals surface area contributed by atoms with E-state index in [-0.39, 0.29) is 17.9 Å². The molecule has 1 aromatic carbocycles. The minimum absolute atomic E-state index is 0.0709. The number of hydrogen-bond acceptors (Lipinski definition) is 3. The maximum absolute atomic E-state index is 12.3. The van der Waals surface area contributed by atoms with Crippen LogP contribution in [0.5, 0.6) is 0 Å². The molecule has 0 spiro atoms. The van der Waals surface area contributed by atoms with Crippen molar-refractivity contribution >= 4 is 35.0 Å². The number of anilines is 2. The Morgan fingerprint density at radius 3 is 2.38 bits per heavy atom. The zero-order chi connectivity index (χ0) is 18.5. The van der Waals surface area contributed by atoms with Crippen molar-refractivity contribution in [3.8, 4) is 0 Å². The van der Waals surface area contributed by atoms with Gasteiger partial charge in [0.1, 0.15) is 5.82 Å². The molecule has 0 radical (unpaired) electrons. The summed E-state index contributed by atoms with van der Waals surface area (Å²) in [5.41, 5.74) is 1.92. The molecule has 1 aromatic heterocycles.